The number of carbonyl (C=O) groups is 2. The summed E-state index contributed by atoms with van der Waals surface area (Å²) < 4.78 is 4.71. The predicted molar refractivity (Wildman–Crippen MR) is 72.7 cm³/mol. The number of carbonyl (C=O) groups excluding carboxylic acids is 2. The van der Waals surface area contributed by atoms with E-state index < -0.39 is 12.0 Å². The van der Waals surface area contributed by atoms with Crippen molar-refractivity contribution in [3.8, 4) is 0 Å². The quantitative estimate of drug-likeness (QED) is 0.663. The van der Waals surface area contributed by atoms with Crippen molar-refractivity contribution in [2.24, 2.45) is 5.92 Å². The molecule has 0 aromatic heterocycles. The number of amides is 1. The van der Waals surface area contributed by atoms with Crippen LogP contribution in [0.25, 0.3) is 0 Å². The maximum Gasteiger partial charge on any atom is 0.329 e. The molecule has 6 heteroatoms. The molecular formula is C13H25N3O3. The maximum absolute atomic E-state index is 11.6. The molecule has 1 aliphatic rings. The van der Waals surface area contributed by atoms with E-state index in [2.05, 4.69) is 22.2 Å². The smallest absolute Gasteiger partial charge is 0.329 e. The van der Waals surface area contributed by atoms with Gasteiger partial charge in [-0.2, -0.15) is 0 Å². The van der Waals surface area contributed by atoms with Crippen LogP contribution in [0.15, 0.2) is 0 Å². The van der Waals surface area contributed by atoms with Gasteiger partial charge in [-0.15, -0.1) is 0 Å². The first-order chi connectivity index (χ1) is 8.92. The summed E-state index contributed by atoms with van der Waals surface area (Å²) in [6.07, 6.45) is 1.18. The Balaban J connectivity index is 2.43. The van der Waals surface area contributed by atoms with Gasteiger partial charge in [-0.05, 0) is 33.0 Å². The summed E-state index contributed by atoms with van der Waals surface area (Å²) in [5.41, 5.74) is 0. The highest BCUT2D eigenvalue weighted by atomic mass is 16.5. The summed E-state index contributed by atoms with van der Waals surface area (Å²) in [4.78, 5) is 27.1. The van der Waals surface area contributed by atoms with Gasteiger partial charge in [0.1, 0.15) is 6.04 Å². The minimum atomic E-state index is -0.591. The molecule has 2 unspecified atom stereocenters. The molecular weight excluding hydrogens is 246 g/mol. The van der Waals surface area contributed by atoms with Crippen molar-refractivity contribution in [3.63, 3.8) is 0 Å². The van der Waals surface area contributed by atoms with Crippen LogP contribution in [0.4, 0.5) is 0 Å². The summed E-state index contributed by atoms with van der Waals surface area (Å²) in [7, 11) is 5.42. The lowest BCUT2D eigenvalue weighted by molar-refractivity contribution is -0.145. The Kier molecular flexibility index (Phi) is 6.24. The third-order valence-electron chi connectivity index (χ3n) is 3.42. The summed E-state index contributed by atoms with van der Waals surface area (Å²) >= 11 is 0. The first-order valence-electron chi connectivity index (χ1n) is 6.64. The fraction of sp³-hybridized carbons (Fsp3) is 0.846. The van der Waals surface area contributed by atoms with Crippen molar-refractivity contribution < 1.29 is 14.3 Å². The minimum Gasteiger partial charge on any atom is -0.467 e. The van der Waals surface area contributed by atoms with Crippen molar-refractivity contribution in [2.75, 3.05) is 47.4 Å². The molecule has 1 N–H and O–H groups in total. The second kappa shape index (κ2) is 7.45. The molecule has 1 saturated heterocycles. The van der Waals surface area contributed by atoms with Gasteiger partial charge in [0.05, 0.1) is 7.11 Å². The van der Waals surface area contributed by atoms with Crippen molar-refractivity contribution in [3.05, 3.63) is 0 Å². The molecule has 110 valence electrons. The minimum absolute atomic E-state index is 0.218. The van der Waals surface area contributed by atoms with Crippen molar-refractivity contribution in [2.45, 2.75) is 19.4 Å². The predicted octanol–water partition coefficient (Wildman–Crippen LogP) is -0.452. The van der Waals surface area contributed by atoms with Crippen LogP contribution in [-0.2, 0) is 14.3 Å². The number of hydrogen-bond acceptors (Lipinski definition) is 5. The van der Waals surface area contributed by atoms with Crippen LogP contribution in [-0.4, -0.2) is 75.1 Å². The molecule has 0 saturated carbocycles. The van der Waals surface area contributed by atoms with Crippen molar-refractivity contribution in [1.29, 1.82) is 0 Å². The lowest BCUT2D eigenvalue weighted by Gasteiger charge is -2.25. The van der Waals surface area contributed by atoms with Gasteiger partial charge < -0.3 is 19.9 Å². The number of likely N-dealkylation sites (tertiary alicyclic amines) is 1. The Labute approximate surface area is 115 Å². The van der Waals surface area contributed by atoms with E-state index in [9.17, 15) is 9.59 Å². The summed E-state index contributed by atoms with van der Waals surface area (Å²) in [6, 6.07) is -0.591. The molecule has 1 fully saturated rings. The Hall–Kier alpha value is -1.14. The molecule has 0 bridgehead atoms. The SMILES string of the molecule is COC(=O)C(CN(C)CC1CCN(C)C1)NC(C)=O. The van der Waals surface area contributed by atoms with E-state index in [-0.39, 0.29) is 5.91 Å². The molecule has 1 amide bonds. The summed E-state index contributed by atoms with van der Waals surface area (Å²) in [5, 5.41) is 2.63. The van der Waals surface area contributed by atoms with Gasteiger partial charge in [-0.3, -0.25) is 4.79 Å². The van der Waals surface area contributed by atoms with Crippen LogP contribution in [0.5, 0.6) is 0 Å². The maximum atomic E-state index is 11.6. The van der Waals surface area contributed by atoms with Gasteiger partial charge in [0.25, 0.3) is 0 Å². The molecule has 1 heterocycles. The number of nitrogens with one attached hydrogen (secondary N) is 1. The third kappa shape index (κ3) is 5.57. The lowest BCUT2D eigenvalue weighted by atomic mass is 10.1. The van der Waals surface area contributed by atoms with E-state index in [0.717, 1.165) is 19.6 Å². The van der Waals surface area contributed by atoms with Gasteiger partial charge in [-0.1, -0.05) is 0 Å². The lowest BCUT2D eigenvalue weighted by Crippen LogP contribution is -2.48. The second-order valence-electron chi connectivity index (χ2n) is 5.41. The van der Waals surface area contributed by atoms with Crippen LogP contribution in [0, 0.1) is 5.92 Å². The molecule has 6 nitrogen and oxygen atoms in total. The van der Waals surface area contributed by atoms with Crippen LogP contribution < -0.4 is 5.32 Å². The number of methoxy groups -OCH3 is 1. The zero-order chi connectivity index (χ0) is 14.4. The fourth-order valence-corrected chi connectivity index (χ4v) is 2.57. The van der Waals surface area contributed by atoms with E-state index >= 15 is 0 Å². The zero-order valence-corrected chi connectivity index (χ0v) is 12.3. The largest absolute Gasteiger partial charge is 0.467 e. The highest BCUT2D eigenvalue weighted by molar-refractivity contribution is 5.83. The standard InChI is InChI=1S/C13H25N3O3/c1-10(17)14-12(13(18)19-4)9-16(3)8-11-5-6-15(2)7-11/h11-12H,5-9H2,1-4H3,(H,14,17). The fourth-order valence-electron chi connectivity index (χ4n) is 2.57. The molecule has 0 aromatic rings. The van der Waals surface area contributed by atoms with Gasteiger partial charge in [0.15, 0.2) is 0 Å². The van der Waals surface area contributed by atoms with Crippen LogP contribution in [0.3, 0.4) is 0 Å². The molecule has 2 atom stereocenters. The summed E-state index contributed by atoms with van der Waals surface area (Å²) in [5.74, 6) is 0.0145. The third-order valence-corrected chi connectivity index (χ3v) is 3.42. The number of ether oxygens (including phenoxy) is 1. The Morgan fingerprint density at radius 1 is 1.53 bits per heavy atom. The van der Waals surface area contributed by atoms with E-state index in [0.29, 0.717) is 12.5 Å². The Bertz CT molecular complexity index is 322. The topological polar surface area (TPSA) is 61.9 Å². The van der Waals surface area contributed by atoms with E-state index in [1.807, 2.05) is 7.05 Å². The van der Waals surface area contributed by atoms with Gasteiger partial charge in [0.2, 0.25) is 5.91 Å². The van der Waals surface area contributed by atoms with Crippen molar-refractivity contribution >= 4 is 11.9 Å². The average Bonchev–Trinajstić information content (AvgIpc) is 2.72. The highest BCUT2D eigenvalue weighted by Crippen LogP contribution is 2.15. The number of rotatable bonds is 6. The molecule has 19 heavy (non-hydrogen) atoms. The van der Waals surface area contributed by atoms with Crippen LogP contribution in [0.2, 0.25) is 0 Å². The highest BCUT2D eigenvalue weighted by Gasteiger charge is 2.25. The van der Waals surface area contributed by atoms with E-state index in [4.69, 9.17) is 4.74 Å². The Morgan fingerprint density at radius 3 is 2.68 bits per heavy atom. The molecule has 0 spiro atoms. The van der Waals surface area contributed by atoms with E-state index in [1.54, 1.807) is 0 Å². The second-order valence-corrected chi connectivity index (χ2v) is 5.41. The van der Waals surface area contributed by atoms with E-state index in [1.165, 1.54) is 20.5 Å². The van der Waals surface area contributed by atoms with Gasteiger partial charge >= 0.3 is 5.97 Å². The average molecular weight is 271 g/mol. The molecule has 0 aromatic carbocycles. The Morgan fingerprint density at radius 2 is 2.21 bits per heavy atom. The number of esters is 1. The zero-order valence-electron chi connectivity index (χ0n) is 12.3. The molecule has 1 aliphatic heterocycles. The normalized spacial score (nSPS) is 21.4. The van der Waals surface area contributed by atoms with Crippen molar-refractivity contribution in [1.82, 2.24) is 15.1 Å². The van der Waals surface area contributed by atoms with Gasteiger partial charge in [-0.25, -0.2) is 4.79 Å². The first kappa shape index (κ1) is 15.9. The number of nitrogens with zero attached hydrogens (tertiary/aromatic N) is 2. The first-order valence-corrected chi connectivity index (χ1v) is 6.64. The van der Waals surface area contributed by atoms with Crippen LogP contribution in [0.1, 0.15) is 13.3 Å². The van der Waals surface area contributed by atoms with Gasteiger partial charge in [0, 0.05) is 26.6 Å². The number of likely N-dealkylation sites (N-methyl/N-ethyl adjacent to an activating group) is 1. The molecule has 0 aliphatic carbocycles. The molecule has 0 radical (unpaired) electrons. The monoisotopic (exact) mass is 271 g/mol. The van der Waals surface area contributed by atoms with Crippen LogP contribution >= 0.6 is 0 Å². The summed E-state index contributed by atoms with van der Waals surface area (Å²) in [6.45, 7) is 5.03. The molecule has 1 rings (SSSR count). The number of hydrogen-bond donors (Lipinski definition) is 1.